The lowest BCUT2D eigenvalue weighted by atomic mass is 9.96. The van der Waals surface area contributed by atoms with Crippen molar-refractivity contribution in [2.45, 2.75) is 39.7 Å². The lowest BCUT2D eigenvalue weighted by molar-refractivity contribution is -0.132. The SMILES string of the molecule is CCC(=O)N1CCC(Cn2ccnc2C)CC1. The molecule has 0 atom stereocenters. The van der Waals surface area contributed by atoms with Gasteiger partial charge in [-0.2, -0.15) is 0 Å². The first kappa shape index (κ1) is 12.1. The Hall–Kier alpha value is -1.32. The Kier molecular flexibility index (Phi) is 3.82. The summed E-state index contributed by atoms with van der Waals surface area (Å²) in [4.78, 5) is 17.8. The van der Waals surface area contributed by atoms with Gasteiger partial charge >= 0.3 is 0 Å². The normalized spacial score (nSPS) is 17.4. The molecule has 0 aliphatic carbocycles. The van der Waals surface area contributed by atoms with Gasteiger partial charge in [0, 0.05) is 38.4 Å². The molecule has 0 saturated carbocycles. The monoisotopic (exact) mass is 235 g/mol. The number of aryl methyl sites for hydroxylation is 1. The summed E-state index contributed by atoms with van der Waals surface area (Å²) in [6.07, 6.45) is 6.75. The molecule has 1 amide bonds. The molecule has 0 radical (unpaired) electrons. The summed E-state index contributed by atoms with van der Waals surface area (Å²) in [6.45, 7) is 6.86. The molecule has 1 saturated heterocycles. The molecule has 0 N–H and O–H groups in total. The summed E-state index contributed by atoms with van der Waals surface area (Å²) in [5, 5.41) is 0. The highest BCUT2D eigenvalue weighted by Crippen LogP contribution is 2.20. The lowest BCUT2D eigenvalue weighted by Crippen LogP contribution is -2.38. The van der Waals surface area contributed by atoms with Gasteiger partial charge in [-0.1, -0.05) is 6.92 Å². The molecule has 0 aromatic carbocycles. The molecular formula is C13H21N3O. The standard InChI is InChI=1S/C13H21N3O/c1-3-13(17)15-7-4-12(5-8-15)10-16-9-6-14-11(16)2/h6,9,12H,3-5,7-8,10H2,1-2H3. The van der Waals surface area contributed by atoms with E-state index in [4.69, 9.17) is 0 Å². The first-order valence-electron chi connectivity index (χ1n) is 6.46. The largest absolute Gasteiger partial charge is 0.343 e. The first-order chi connectivity index (χ1) is 8.20. The first-order valence-corrected chi connectivity index (χ1v) is 6.46. The number of amides is 1. The summed E-state index contributed by atoms with van der Waals surface area (Å²) < 4.78 is 2.21. The number of carbonyl (C=O) groups is 1. The smallest absolute Gasteiger partial charge is 0.222 e. The summed E-state index contributed by atoms with van der Waals surface area (Å²) in [7, 11) is 0. The molecule has 1 fully saturated rings. The average molecular weight is 235 g/mol. The fourth-order valence-electron chi connectivity index (χ4n) is 2.46. The molecule has 0 unspecified atom stereocenters. The number of likely N-dealkylation sites (tertiary alicyclic amines) is 1. The molecule has 0 spiro atoms. The Balaban J connectivity index is 1.83. The van der Waals surface area contributed by atoms with Crippen LogP contribution in [0, 0.1) is 12.8 Å². The second-order valence-electron chi connectivity index (χ2n) is 4.80. The summed E-state index contributed by atoms with van der Waals surface area (Å²) in [5.74, 6) is 2.06. The molecule has 94 valence electrons. The van der Waals surface area contributed by atoms with Gasteiger partial charge in [0.1, 0.15) is 5.82 Å². The van der Waals surface area contributed by atoms with Crippen LogP contribution in [0.4, 0.5) is 0 Å². The van der Waals surface area contributed by atoms with Crippen LogP contribution in [0.1, 0.15) is 32.0 Å². The average Bonchev–Trinajstić information content (AvgIpc) is 2.75. The van der Waals surface area contributed by atoms with E-state index < -0.39 is 0 Å². The van der Waals surface area contributed by atoms with E-state index in [9.17, 15) is 4.79 Å². The van der Waals surface area contributed by atoms with Gasteiger partial charge in [-0.15, -0.1) is 0 Å². The Morgan fingerprint density at radius 2 is 2.18 bits per heavy atom. The number of carbonyl (C=O) groups excluding carboxylic acids is 1. The zero-order valence-electron chi connectivity index (χ0n) is 10.7. The van der Waals surface area contributed by atoms with Gasteiger partial charge < -0.3 is 9.47 Å². The van der Waals surface area contributed by atoms with E-state index in [1.165, 1.54) is 0 Å². The Morgan fingerprint density at radius 3 is 2.71 bits per heavy atom. The highest BCUT2D eigenvalue weighted by Gasteiger charge is 2.22. The van der Waals surface area contributed by atoms with Gasteiger partial charge in [-0.05, 0) is 25.7 Å². The second kappa shape index (κ2) is 5.34. The maximum absolute atomic E-state index is 11.6. The molecule has 17 heavy (non-hydrogen) atoms. The van der Waals surface area contributed by atoms with Crippen LogP contribution in [-0.2, 0) is 11.3 Å². The third kappa shape index (κ3) is 2.87. The van der Waals surface area contributed by atoms with Crippen molar-refractivity contribution in [1.82, 2.24) is 14.5 Å². The molecule has 1 aliphatic rings. The molecular weight excluding hydrogens is 214 g/mol. The summed E-state index contributed by atoms with van der Waals surface area (Å²) in [6, 6.07) is 0. The van der Waals surface area contributed by atoms with Crippen LogP contribution in [0.15, 0.2) is 12.4 Å². The van der Waals surface area contributed by atoms with Crippen molar-refractivity contribution < 1.29 is 4.79 Å². The maximum atomic E-state index is 11.6. The number of piperidine rings is 1. The Labute approximate surface area is 103 Å². The Bertz CT molecular complexity index is 378. The van der Waals surface area contributed by atoms with Crippen LogP contribution in [0.3, 0.4) is 0 Å². The van der Waals surface area contributed by atoms with E-state index >= 15 is 0 Å². The molecule has 4 heteroatoms. The summed E-state index contributed by atoms with van der Waals surface area (Å²) >= 11 is 0. The predicted octanol–water partition coefficient (Wildman–Crippen LogP) is 1.84. The van der Waals surface area contributed by atoms with Gasteiger partial charge in [-0.25, -0.2) is 4.98 Å². The minimum Gasteiger partial charge on any atom is -0.343 e. The fraction of sp³-hybridized carbons (Fsp3) is 0.692. The van der Waals surface area contributed by atoms with Gasteiger partial charge in [0.25, 0.3) is 0 Å². The van der Waals surface area contributed by atoms with Crippen molar-refractivity contribution in [2.75, 3.05) is 13.1 Å². The Morgan fingerprint density at radius 1 is 1.47 bits per heavy atom. The van der Waals surface area contributed by atoms with Crippen LogP contribution < -0.4 is 0 Å². The van der Waals surface area contributed by atoms with Crippen LogP contribution in [-0.4, -0.2) is 33.4 Å². The number of hydrogen-bond donors (Lipinski definition) is 0. The zero-order valence-corrected chi connectivity index (χ0v) is 10.7. The van der Waals surface area contributed by atoms with Crippen LogP contribution in [0.25, 0.3) is 0 Å². The van der Waals surface area contributed by atoms with Gasteiger partial charge in [0.15, 0.2) is 0 Å². The molecule has 4 nitrogen and oxygen atoms in total. The van der Waals surface area contributed by atoms with Crippen molar-refractivity contribution in [2.24, 2.45) is 5.92 Å². The van der Waals surface area contributed by atoms with E-state index in [0.29, 0.717) is 18.2 Å². The van der Waals surface area contributed by atoms with E-state index in [-0.39, 0.29) is 0 Å². The van der Waals surface area contributed by atoms with E-state index in [1.807, 2.05) is 31.1 Å². The highest BCUT2D eigenvalue weighted by molar-refractivity contribution is 5.75. The maximum Gasteiger partial charge on any atom is 0.222 e. The van der Waals surface area contributed by atoms with Crippen molar-refractivity contribution >= 4 is 5.91 Å². The number of imidazole rings is 1. The molecule has 2 heterocycles. The van der Waals surface area contributed by atoms with Crippen molar-refractivity contribution in [3.8, 4) is 0 Å². The van der Waals surface area contributed by atoms with Gasteiger partial charge in [0.2, 0.25) is 5.91 Å². The molecule has 1 aliphatic heterocycles. The van der Waals surface area contributed by atoms with E-state index in [0.717, 1.165) is 38.3 Å². The van der Waals surface area contributed by atoms with Crippen molar-refractivity contribution in [1.29, 1.82) is 0 Å². The number of nitrogens with zero attached hydrogens (tertiary/aromatic N) is 3. The van der Waals surface area contributed by atoms with E-state index in [1.54, 1.807) is 0 Å². The fourth-order valence-corrected chi connectivity index (χ4v) is 2.46. The van der Waals surface area contributed by atoms with Crippen LogP contribution in [0.5, 0.6) is 0 Å². The zero-order chi connectivity index (χ0) is 12.3. The number of rotatable bonds is 3. The number of aromatic nitrogens is 2. The quantitative estimate of drug-likeness (QED) is 0.801. The van der Waals surface area contributed by atoms with Crippen LogP contribution >= 0.6 is 0 Å². The van der Waals surface area contributed by atoms with Gasteiger partial charge in [-0.3, -0.25) is 4.79 Å². The molecule has 1 aromatic heterocycles. The minimum absolute atomic E-state index is 0.294. The lowest BCUT2D eigenvalue weighted by Gasteiger charge is -2.32. The third-order valence-corrected chi connectivity index (χ3v) is 3.65. The van der Waals surface area contributed by atoms with Gasteiger partial charge in [0.05, 0.1) is 0 Å². The predicted molar refractivity (Wildman–Crippen MR) is 66.6 cm³/mol. The highest BCUT2D eigenvalue weighted by atomic mass is 16.2. The van der Waals surface area contributed by atoms with Crippen molar-refractivity contribution in [3.63, 3.8) is 0 Å². The van der Waals surface area contributed by atoms with Crippen LogP contribution in [0.2, 0.25) is 0 Å². The minimum atomic E-state index is 0.294. The molecule has 0 bridgehead atoms. The summed E-state index contributed by atoms with van der Waals surface area (Å²) in [5.41, 5.74) is 0. The molecule has 1 aromatic rings. The topological polar surface area (TPSA) is 38.1 Å². The second-order valence-corrected chi connectivity index (χ2v) is 4.80. The van der Waals surface area contributed by atoms with Crippen molar-refractivity contribution in [3.05, 3.63) is 18.2 Å². The van der Waals surface area contributed by atoms with E-state index in [2.05, 4.69) is 9.55 Å². The number of hydrogen-bond acceptors (Lipinski definition) is 2. The molecule has 2 rings (SSSR count). The third-order valence-electron chi connectivity index (χ3n) is 3.65.